The van der Waals surface area contributed by atoms with Crippen molar-refractivity contribution in [3.05, 3.63) is 41.4 Å². The largest absolute Gasteiger partial charge is 0.308 e. The van der Waals surface area contributed by atoms with Crippen LogP contribution in [0.15, 0.2) is 45.1 Å². The third-order valence-corrected chi connectivity index (χ3v) is 4.39. The molecule has 4 heteroatoms. The first kappa shape index (κ1) is 13.6. The molecule has 2 aromatic rings. The van der Waals surface area contributed by atoms with Gasteiger partial charge in [-0.15, -0.1) is 11.3 Å². The molecule has 1 N–H and O–H groups in total. The number of thiazole rings is 1. The first-order chi connectivity index (χ1) is 8.54. The van der Waals surface area contributed by atoms with Gasteiger partial charge in [0.1, 0.15) is 0 Å². The Bertz CT molecular complexity index is 487. The van der Waals surface area contributed by atoms with Crippen LogP contribution >= 0.6 is 23.1 Å². The van der Waals surface area contributed by atoms with E-state index in [1.54, 1.807) is 23.1 Å². The summed E-state index contributed by atoms with van der Waals surface area (Å²) in [6.07, 6.45) is 1.85. The summed E-state index contributed by atoms with van der Waals surface area (Å²) >= 11 is 3.42. The fourth-order valence-electron chi connectivity index (χ4n) is 1.46. The molecule has 0 saturated carbocycles. The van der Waals surface area contributed by atoms with E-state index in [4.69, 9.17) is 0 Å². The second-order valence-corrected chi connectivity index (χ2v) is 7.29. The standard InChI is InChI=1S/C14H18N2S2/c1-14(2,3)16-10-11-6-4-5-7-12(11)18-13-15-8-9-17-13/h4-9,16H,10H2,1-3H3. The van der Waals surface area contributed by atoms with Crippen LogP contribution in [-0.2, 0) is 6.54 Å². The number of nitrogens with one attached hydrogen (secondary N) is 1. The number of aromatic nitrogens is 1. The van der Waals surface area contributed by atoms with E-state index in [0.717, 1.165) is 10.9 Å². The molecule has 1 aromatic heterocycles. The second kappa shape index (κ2) is 5.87. The lowest BCUT2D eigenvalue weighted by Crippen LogP contribution is -2.35. The third-order valence-electron chi connectivity index (χ3n) is 2.39. The first-order valence-electron chi connectivity index (χ1n) is 5.95. The molecule has 0 spiro atoms. The van der Waals surface area contributed by atoms with Gasteiger partial charge in [0.2, 0.25) is 0 Å². The highest BCUT2D eigenvalue weighted by atomic mass is 32.2. The Kier molecular flexibility index (Phi) is 4.43. The van der Waals surface area contributed by atoms with Gasteiger partial charge in [-0.3, -0.25) is 0 Å². The fourth-order valence-corrected chi connectivity index (χ4v) is 3.17. The third kappa shape index (κ3) is 4.12. The zero-order valence-corrected chi connectivity index (χ0v) is 12.6. The summed E-state index contributed by atoms with van der Waals surface area (Å²) in [5.74, 6) is 0. The van der Waals surface area contributed by atoms with Crippen molar-refractivity contribution >= 4 is 23.1 Å². The molecular formula is C14H18N2S2. The Balaban J connectivity index is 2.10. The highest BCUT2D eigenvalue weighted by molar-refractivity contribution is 8.01. The molecular weight excluding hydrogens is 260 g/mol. The highest BCUT2D eigenvalue weighted by Crippen LogP contribution is 2.31. The Morgan fingerprint density at radius 2 is 2.06 bits per heavy atom. The van der Waals surface area contributed by atoms with Gasteiger partial charge < -0.3 is 5.32 Å². The van der Waals surface area contributed by atoms with Crippen LogP contribution in [0.5, 0.6) is 0 Å². The van der Waals surface area contributed by atoms with E-state index >= 15 is 0 Å². The van der Waals surface area contributed by atoms with Crippen LogP contribution in [0.25, 0.3) is 0 Å². The van der Waals surface area contributed by atoms with Crippen LogP contribution in [0.1, 0.15) is 26.3 Å². The summed E-state index contributed by atoms with van der Waals surface area (Å²) in [5.41, 5.74) is 1.46. The molecule has 0 fully saturated rings. The highest BCUT2D eigenvalue weighted by Gasteiger charge is 2.11. The molecule has 1 aromatic carbocycles. The van der Waals surface area contributed by atoms with Crippen LogP contribution in [0, 0.1) is 0 Å². The molecule has 0 atom stereocenters. The quantitative estimate of drug-likeness (QED) is 0.908. The summed E-state index contributed by atoms with van der Waals surface area (Å²) in [4.78, 5) is 5.60. The number of rotatable bonds is 4. The normalized spacial score (nSPS) is 11.7. The van der Waals surface area contributed by atoms with Gasteiger partial charge in [0.15, 0.2) is 4.34 Å². The summed E-state index contributed by atoms with van der Waals surface area (Å²) < 4.78 is 1.10. The van der Waals surface area contributed by atoms with E-state index < -0.39 is 0 Å². The van der Waals surface area contributed by atoms with E-state index in [1.165, 1.54) is 10.5 Å². The zero-order valence-electron chi connectivity index (χ0n) is 10.9. The molecule has 0 unspecified atom stereocenters. The maximum absolute atomic E-state index is 4.32. The molecule has 0 bridgehead atoms. The SMILES string of the molecule is CC(C)(C)NCc1ccccc1Sc1nccs1. The Hall–Kier alpha value is -0.840. The zero-order chi connectivity index (χ0) is 13.0. The van der Waals surface area contributed by atoms with Crippen molar-refractivity contribution in [3.63, 3.8) is 0 Å². The van der Waals surface area contributed by atoms with Crippen molar-refractivity contribution in [1.82, 2.24) is 10.3 Å². The van der Waals surface area contributed by atoms with Crippen molar-refractivity contribution in [1.29, 1.82) is 0 Å². The van der Waals surface area contributed by atoms with E-state index in [1.807, 2.05) is 11.6 Å². The molecule has 0 amide bonds. The van der Waals surface area contributed by atoms with Gasteiger partial charge in [0.05, 0.1) is 0 Å². The van der Waals surface area contributed by atoms with Gasteiger partial charge in [-0.05, 0) is 32.4 Å². The summed E-state index contributed by atoms with van der Waals surface area (Å²) in [6, 6.07) is 8.50. The van der Waals surface area contributed by atoms with E-state index in [2.05, 4.69) is 55.3 Å². The smallest absolute Gasteiger partial charge is 0.154 e. The minimum atomic E-state index is 0.138. The number of benzene rings is 1. The molecule has 0 aliphatic heterocycles. The van der Waals surface area contributed by atoms with Crippen LogP contribution in [0.2, 0.25) is 0 Å². The predicted octanol–water partition coefficient (Wildman–Crippen LogP) is 4.18. The second-order valence-electron chi connectivity index (χ2n) is 5.11. The van der Waals surface area contributed by atoms with Crippen molar-refractivity contribution in [2.45, 2.75) is 42.1 Å². The topological polar surface area (TPSA) is 24.9 Å². The molecule has 0 radical (unpaired) electrons. The van der Waals surface area contributed by atoms with Crippen LogP contribution < -0.4 is 5.32 Å². The fraction of sp³-hybridized carbons (Fsp3) is 0.357. The summed E-state index contributed by atoms with van der Waals surface area (Å²) in [5, 5.41) is 5.54. The lowest BCUT2D eigenvalue weighted by molar-refractivity contribution is 0.422. The summed E-state index contributed by atoms with van der Waals surface area (Å²) in [6.45, 7) is 7.44. The van der Waals surface area contributed by atoms with Gasteiger partial charge in [-0.1, -0.05) is 30.0 Å². The van der Waals surface area contributed by atoms with Crippen LogP contribution in [0.4, 0.5) is 0 Å². The molecule has 96 valence electrons. The van der Waals surface area contributed by atoms with E-state index in [0.29, 0.717) is 0 Å². The minimum Gasteiger partial charge on any atom is -0.308 e. The Morgan fingerprint density at radius 1 is 1.28 bits per heavy atom. The maximum atomic E-state index is 4.32. The average molecular weight is 278 g/mol. The number of nitrogens with zero attached hydrogens (tertiary/aromatic N) is 1. The van der Waals surface area contributed by atoms with Gasteiger partial charge in [0, 0.05) is 28.6 Å². The van der Waals surface area contributed by atoms with Crippen LogP contribution in [0.3, 0.4) is 0 Å². The van der Waals surface area contributed by atoms with Gasteiger partial charge in [0.25, 0.3) is 0 Å². The summed E-state index contributed by atoms with van der Waals surface area (Å²) in [7, 11) is 0. The van der Waals surface area contributed by atoms with Crippen molar-refractivity contribution in [2.75, 3.05) is 0 Å². The molecule has 0 aliphatic carbocycles. The molecule has 2 rings (SSSR count). The lowest BCUT2D eigenvalue weighted by Gasteiger charge is -2.21. The predicted molar refractivity (Wildman–Crippen MR) is 79.3 cm³/mol. The molecule has 1 heterocycles. The monoisotopic (exact) mass is 278 g/mol. The Morgan fingerprint density at radius 3 is 2.72 bits per heavy atom. The molecule has 2 nitrogen and oxygen atoms in total. The van der Waals surface area contributed by atoms with E-state index in [-0.39, 0.29) is 5.54 Å². The maximum Gasteiger partial charge on any atom is 0.154 e. The van der Waals surface area contributed by atoms with Gasteiger partial charge in [-0.2, -0.15) is 0 Å². The average Bonchev–Trinajstić information content (AvgIpc) is 2.80. The van der Waals surface area contributed by atoms with Gasteiger partial charge >= 0.3 is 0 Å². The lowest BCUT2D eigenvalue weighted by atomic mass is 10.1. The van der Waals surface area contributed by atoms with Crippen LogP contribution in [-0.4, -0.2) is 10.5 Å². The van der Waals surface area contributed by atoms with Crippen molar-refractivity contribution in [2.24, 2.45) is 0 Å². The Labute approximate surface area is 117 Å². The first-order valence-corrected chi connectivity index (χ1v) is 7.64. The molecule has 0 aliphatic rings. The number of hydrogen-bond acceptors (Lipinski definition) is 4. The van der Waals surface area contributed by atoms with Gasteiger partial charge in [-0.25, -0.2) is 4.98 Å². The molecule has 0 saturated heterocycles. The number of hydrogen-bond donors (Lipinski definition) is 1. The molecule has 18 heavy (non-hydrogen) atoms. The van der Waals surface area contributed by atoms with Crippen molar-refractivity contribution < 1.29 is 0 Å². The minimum absolute atomic E-state index is 0.138. The van der Waals surface area contributed by atoms with E-state index in [9.17, 15) is 0 Å². The van der Waals surface area contributed by atoms with Crippen molar-refractivity contribution in [3.8, 4) is 0 Å².